The maximum Gasteiger partial charge on any atom is 0.170 e. The first-order valence-electron chi connectivity index (χ1n) is 12.8. The molecule has 0 spiro atoms. The Bertz CT molecular complexity index is 1080. The van der Waals surface area contributed by atoms with Crippen LogP contribution in [0.15, 0.2) is 72.8 Å². The molecule has 1 atom stereocenters. The summed E-state index contributed by atoms with van der Waals surface area (Å²) in [4.78, 5) is 16.0. The number of benzene rings is 3. The maximum absolute atomic E-state index is 13.6. The van der Waals surface area contributed by atoms with Gasteiger partial charge in [0.1, 0.15) is 5.75 Å². The van der Waals surface area contributed by atoms with Gasteiger partial charge in [-0.05, 0) is 55.8 Å². The SMILES string of the molecule is CCN(CCCCCC(C(=O)c1ccc(OC)c(OC)c1)c1ccccc1)Cc1ccccc1OC. The van der Waals surface area contributed by atoms with Gasteiger partial charge in [0.2, 0.25) is 0 Å². The minimum atomic E-state index is -0.180. The van der Waals surface area contributed by atoms with Gasteiger partial charge in [0.05, 0.1) is 21.3 Å². The number of unbranched alkanes of at least 4 members (excludes halogenated alkanes) is 2. The van der Waals surface area contributed by atoms with Gasteiger partial charge in [-0.15, -0.1) is 0 Å². The highest BCUT2D eigenvalue weighted by molar-refractivity contribution is 6.01. The summed E-state index contributed by atoms with van der Waals surface area (Å²) < 4.78 is 16.3. The lowest BCUT2D eigenvalue weighted by Crippen LogP contribution is -2.24. The molecule has 5 nitrogen and oxygen atoms in total. The van der Waals surface area contributed by atoms with Crippen LogP contribution in [0.5, 0.6) is 17.2 Å². The summed E-state index contributed by atoms with van der Waals surface area (Å²) >= 11 is 0. The molecule has 0 amide bonds. The smallest absolute Gasteiger partial charge is 0.170 e. The van der Waals surface area contributed by atoms with Crippen molar-refractivity contribution in [3.63, 3.8) is 0 Å². The maximum atomic E-state index is 13.6. The van der Waals surface area contributed by atoms with E-state index in [0.717, 1.165) is 56.6 Å². The van der Waals surface area contributed by atoms with Crippen molar-refractivity contribution in [1.82, 2.24) is 4.90 Å². The number of para-hydroxylation sites is 1. The molecule has 5 heteroatoms. The summed E-state index contributed by atoms with van der Waals surface area (Å²) in [5.74, 6) is 2.08. The quantitative estimate of drug-likeness (QED) is 0.174. The molecule has 192 valence electrons. The summed E-state index contributed by atoms with van der Waals surface area (Å²) in [7, 11) is 4.91. The highest BCUT2D eigenvalue weighted by atomic mass is 16.5. The Balaban J connectivity index is 1.60. The third-order valence-electron chi connectivity index (χ3n) is 6.69. The number of ether oxygens (including phenoxy) is 3. The van der Waals surface area contributed by atoms with E-state index in [1.165, 1.54) is 5.56 Å². The second-order valence-electron chi connectivity index (χ2n) is 8.93. The molecule has 3 rings (SSSR count). The van der Waals surface area contributed by atoms with Crippen LogP contribution in [0.4, 0.5) is 0 Å². The van der Waals surface area contributed by atoms with E-state index >= 15 is 0 Å². The van der Waals surface area contributed by atoms with Crippen LogP contribution in [0.2, 0.25) is 0 Å². The Kier molecular flexibility index (Phi) is 10.8. The second kappa shape index (κ2) is 14.3. The Morgan fingerprint density at radius 2 is 1.47 bits per heavy atom. The third-order valence-corrected chi connectivity index (χ3v) is 6.69. The minimum Gasteiger partial charge on any atom is -0.496 e. The first kappa shape index (κ1) is 27.3. The van der Waals surface area contributed by atoms with E-state index in [1.54, 1.807) is 33.5 Å². The number of methoxy groups -OCH3 is 3. The Labute approximate surface area is 216 Å². The average Bonchev–Trinajstić information content (AvgIpc) is 2.94. The normalized spacial score (nSPS) is 11.8. The van der Waals surface area contributed by atoms with Gasteiger partial charge in [0.25, 0.3) is 0 Å². The predicted molar refractivity (Wildman–Crippen MR) is 145 cm³/mol. The van der Waals surface area contributed by atoms with Gasteiger partial charge in [-0.1, -0.05) is 68.3 Å². The fourth-order valence-electron chi connectivity index (χ4n) is 4.61. The van der Waals surface area contributed by atoms with Gasteiger partial charge in [0.15, 0.2) is 17.3 Å². The van der Waals surface area contributed by atoms with E-state index in [0.29, 0.717) is 17.1 Å². The average molecular weight is 490 g/mol. The van der Waals surface area contributed by atoms with E-state index < -0.39 is 0 Å². The number of carbonyl (C=O) groups is 1. The largest absolute Gasteiger partial charge is 0.496 e. The van der Waals surface area contributed by atoms with Crippen LogP contribution in [-0.4, -0.2) is 45.1 Å². The van der Waals surface area contributed by atoms with E-state index in [1.807, 2.05) is 36.4 Å². The molecule has 0 fully saturated rings. The van der Waals surface area contributed by atoms with Gasteiger partial charge < -0.3 is 14.2 Å². The molecule has 3 aromatic carbocycles. The van der Waals surface area contributed by atoms with Crippen molar-refractivity contribution in [2.45, 2.75) is 45.1 Å². The van der Waals surface area contributed by atoms with E-state index in [9.17, 15) is 4.79 Å². The molecule has 0 radical (unpaired) electrons. The summed E-state index contributed by atoms with van der Waals surface area (Å²) in [5, 5.41) is 0. The van der Waals surface area contributed by atoms with Crippen LogP contribution < -0.4 is 14.2 Å². The molecule has 0 aromatic heterocycles. The van der Waals surface area contributed by atoms with Gasteiger partial charge in [-0.2, -0.15) is 0 Å². The van der Waals surface area contributed by atoms with E-state index in [2.05, 4.69) is 36.1 Å². The number of nitrogens with zero attached hydrogens (tertiary/aromatic N) is 1. The zero-order chi connectivity index (χ0) is 25.8. The van der Waals surface area contributed by atoms with Crippen molar-refractivity contribution < 1.29 is 19.0 Å². The van der Waals surface area contributed by atoms with Crippen molar-refractivity contribution >= 4 is 5.78 Å². The monoisotopic (exact) mass is 489 g/mol. The minimum absolute atomic E-state index is 0.119. The van der Waals surface area contributed by atoms with Crippen LogP contribution in [0.25, 0.3) is 0 Å². The fraction of sp³-hybridized carbons (Fsp3) is 0.387. The summed E-state index contributed by atoms with van der Waals surface area (Å²) in [6, 6.07) is 23.7. The number of ketones is 1. The molecule has 0 saturated heterocycles. The lowest BCUT2D eigenvalue weighted by molar-refractivity contribution is 0.0953. The molecule has 0 aliphatic carbocycles. The summed E-state index contributed by atoms with van der Waals surface area (Å²) in [5.41, 5.74) is 2.92. The molecule has 36 heavy (non-hydrogen) atoms. The number of hydrogen-bond donors (Lipinski definition) is 0. The second-order valence-corrected chi connectivity index (χ2v) is 8.93. The highest BCUT2D eigenvalue weighted by Gasteiger charge is 2.23. The zero-order valence-corrected chi connectivity index (χ0v) is 22.0. The summed E-state index contributed by atoms with van der Waals surface area (Å²) in [6.07, 6.45) is 3.97. The molecule has 0 N–H and O–H groups in total. The highest BCUT2D eigenvalue weighted by Crippen LogP contribution is 2.32. The Hall–Kier alpha value is -3.31. The molecule has 3 aromatic rings. The van der Waals surface area contributed by atoms with Gasteiger partial charge in [0, 0.05) is 23.6 Å². The molecule has 1 unspecified atom stereocenters. The molecule has 0 bridgehead atoms. The fourth-order valence-corrected chi connectivity index (χ4v) is 4.61. The molecular formula is C31H39NO4. The van der Waals surface area contributed by atoms with Crippen LogP contribution >= 0.6 is 0 Å². The van der Waals surface area contributed by atoms with Crippen molar-refractivity contribution in [3.05, 3.63) is 89.5 Å². The van der Waals surface area contributed by atoms with Gasteiger partial charge in [-0.25, -0.2) is 0 Å². The molecular weight excluding hydrogens is 450 g/mol. The third kappa shape index (κ3) is 7.34. The molecule has 0 saturated carbocycles. The van der Waals surface area contributed by atoms with Crippen molar-refractivity contribution in [1.29, 1.82) is 0 Å². The van der Waals surface area contributed by atoms with Crippen molar-refractivity contribution in [2.24, 2.45) is 0 Å². The Morgan fingerprint density at radius 1 is 0.778 bits per heavy atom. The summed E-state index contributed by atoms with van der Waals surface area (Å²) in [6.45, 7) is 5.09. The van der Waals surface area contributed by atoms with Gasteiger partial charge in [-0.3, -0.25) is 9.69 Å². The first-order chi connectivity index (χ1) is 17.6. The molecule has 0 heterocycles. The van der Waals surface area contributed by atoms with E-state index in [-0.39, 0.29) is 11.7 Å². The van der Waals surface area contributed by atoms with Crippen LogP contribution in [0.1, 0.15) is 60.0 Å². The number of hydrogen-bond acceptors (Lipinski definition) is 5. The van der Waals surface area contributed by atoms with Gasteiger partial charge >= 0.3 is 0 Å². The Morgan fingerprint density at radius 3 is 2.17 bits per heavy atom. The van der Waals surface area contributed by atoms with Crippen LogP contribution in [0.3, 0.4) is 0 Å². The van der Waals surface area contributed by atoms with Crippen molar-refractivity contribution in [3.8, 4) is 17.2 Å². The lowest BCUT2D eigenvalue weighted by Gasteiger charge is -2.22. The number of rotatable bonds is 15. The standard InChI is InChI=1S/C31H39NO4/c1-5-32(23-26-16-11-12-18-28(26)34-2)21-13-7-10-17-27(24-14-8-6-9-15-24)31(33)25-19-20-29(35-3)30(22-25)36-4/h6,8-9,11-12,14-16,18-20,22,27H,5,7,10,13,17,21,23H2,1-4H3. The molecule has 0 aliphatic heterocycles. The predicted octanol–water partition coefficient (Wildman–Crippen LogP) is 6.76. The van der Waals surface area contributed by atoms with Crippen LogP contribution in [-0.2, 0) is 6.54 Å². The van der Waals surface area contributed by atoms with Crippen LogP contribution in [0, 0.1) is 0 Å². The number of carbonyl (C=O) groups excluding carboxylic acids is 1. The lowest BCUT2D eigenvalue weighted by atomic mass is 9.86. The van der Waals surface area contributed by atoms with E-state index in [4.69, 9.17) is 14.2 Å². The zero-order valence-electron chi connectivity index (χ0n) is 22.0. The van der Waals surface area contributed by atoms with Crippen molar-refractivity contribution in [2.75, 3.05) is 34.4 Å². The molecule has 0 aliphatic rings. The number of Topliss-reactive ketones (excluding diaryl/α,β-unsaturated/α-hetero) is 1. The topological polar surface area (TPSA) is 48.0 Å². The first-order valence-corrected chi connectivity index (χ1v) is 12.8.